The van der Waals surface area contributed by atoms with Crippen molar-refractivity contribution in [1.82, 2.24) is 20.2 Å². The number of nitrogens with zero attached hydrogens (tertiary/aromatic N) is 4. The zero-order valence-electron chi connectivity index (χ0n) is 19.0. The standard InChI is InChI=1S/C23H31N5O4/c1-22(2,3)32-21(31)27-10-6-16(7-11-27)17-13-24-20(25-14-17)28-12-9-23(15-28)8-4-5-18(29)26-19(23)30/h6,13-14H,4-5,7-12,15H2,1-3H3,(H,26,29,30). The Bertz CT molecular complexity index is 937. The van der Waals surface area contributed by atoms with Crippen molar-refractivity contribution in [3.63, 3.8) is 0 Å². The Morgan fingerprint density at radius 1 is 1.12 bits per heavy atom. The largest absolute Gasteiger partial charge is 0.444 e. The lowest BCUT2D eigenvalue weighted by atomic mass is 9.82. The summed E-state index contributed by atoms with van der Waals surface area (Å²) in [7, 11) is 0. The second kappa shape index (κ2) is 8.52. The first-order valence-electron chi connectivity index (χ1n) is 11.2. The van der Waals surface area contributed by atoms with Gasteiger partial charge in [-0.05, 0) is 52.0 Å². The van der Waals surface area contributed by atoms with Crippen LogP contribution in [-0.2, 0) is 14.3 Å². The summed E-state index contributed by atoms with van der Waals surface area (Å²) in [6, 6.07) is 0. The maximum absolute atomic E-state index is 12.6. The predicted molar refractivity (Wildman–Crippen MR) is 119 cm³/mol. The van der Waals surface area contributed by atoms with Crippen molar-refractivity contribution in [3.8, 4) is 0 Å². The van der Waals surface area contributed by atoms with Crippen LogP contribution in [-0.4, -0.2) is 64.6 Å². The molecule has 4 rings (SSSR count). The number of carbonyl (C=O) groups is 3. The van der Waals surface area contributed by atoms with Gasteiger partial charge in [0.25, 0.3) is 0 Å². The Morgan fingerprint density at radius 3 is 2.53 bits per heavy atom. The molecular formula is C23H31N5O4. The highest BCUT2D eigenvalue weighted by Gasteiger charge is 2.46. The number of hydrogen-bond donors (Lipinski definition) is 1. The molecule has 1 aromatic heterocycles. The van der Waals surface area contributed by atoms with Gasteiger partial charge >= 0.3 is 6.09 Å². The highest BCUT2D eigenvalue weighted by Crippen LogP contribution is 2.38. The number of carbonyl (C=O) groups excluding carboxylic acids is 3. The third-order valence-electron chi connectivity index (χ3n) is 6.30. The molecule has 2 fully saturated rings. The number of nitrogens with one attached hydrogen (secondary N) is 1. The molecule has 0 aromatic carbocycles. The van der Waals surface area contributed by atoms with E-state index >= 15 is 0 Å². The maximum Gasteiger partial charge on any atom is 0.410 e. The molecule has 1 spiro atoms. The smallest absolute Gasteiger partial charge is 0.410 e. The summed E-state index contributed by atoms with van der Waals surface area (Å²) in [5.41, 5.74) is 0.997. The lowest BCUT2D eigenvalue weighted by Gasteiger charge is -2.29. The fourth-order valence-electron chi connectivity index (χ4n) is 4.53. The summed E-state index contributed by atoms with van der Waals surface area (Å²) in [6.07, 6.45) is 8.57. The van der Waals surface area contributed by atoms with Gasteiger partial charge < -0.3 is 14.5 Å². The molecule has 0 bridgehead atoms. The van der Waals surface area contributed by atoms with Gasteiger partial charge in [0.15, 0.2) is 0 Å². The summed E-state index contributed by atoms with van der Waals surface area (Å²) in [5, 5.41) is 2.53. The average Bonchev–Trinajstić information content (AvgIpc) is 3.12. The predicted octanol–water partition coefficient (Wildman–Crippen LogP) is 2.52. The quantitative estimate of drug-likeness (QED) is 0.703. The van der Waals surface area contributed by atoms with Gasteiger partial charge in [-0.3, -0.25) is 14.9 Å². The van der Waals surface area contributed by atoms with E-state index in [1.807, 2.05) is 31.7 Å². The van der Waals surface area contributed by atoms with Gasteiger partial charge in [-0.25, -0.2) is 14.8 Å². The van der Waals surface area contributed by atoms with E-state index in [0.29, 0.717) is 57.8 Å². The topological polar surface area (TPSA) is 105 Å². The highest BCUT2D eigenvalue weighted by atomic mass is 16.6. The Balaban J connectivity index is 1.38. The molecule has 2 saturated heterocycles. The van der Waals surface area contributed by atoms with Gasteiger partial charge in [0.1, 0.15) is 5.60 Å². The molecule has 1 unspecified atom stereocenters. The van der Waals surface area contributed by atoms with Crippen LogP contribution in [0.1, 0.15) is 58.4 Å². The van der Waals surface area contributed by atoms with Crippen LogP contribution in [0.3, 0.4) is 0 Å². The van der Waals surface area contributed by atoms with Crippen molar-refractivity contribution in [3.05, 3.63) is 24.0 Å². The first-order valence-corrected chi connectivity index (χ1v) is 11.2. The zero-order chi connectivity index (χ0) is 22.9. The fraction of sp³-hybridized carbons (Fsp3) is 0.609. The molecule has 4 heterocycles. The third-order valence-corrected chi connectivity index (χ3v) is 6.30. The van der Waals surface area contributed by atoms with Gasteiger partial charge in [-0.1, -0.05) is 6.08 Å². The van der Waals surface area contributed by atoms with Crippen molar-refractivity contribution < 1.29 is 19.1 Å². The molecule has 9 nitrogen and oxygen atoms in total. The Labute approximate surface area is 188 Å². The van der Waals surface area contributed by atoms with Gasteiger partial charge in [-0.15, -0.1) is 0 Å². The van der Waals surface area contributed by atoms with Crippen LogP contribution < -0.4 is 10.2 Å². The number of imide groups is 1. The molecule has 3 amide bonds. The van der Waals surface area contributed by atoms with E-state index in [2.05, 4.69) is 15.3 Å². The second-order valence-electron chi connectivity index (χ2n) is 9.86. The summed E-state index contributed by atoms with van der Waals surface area (Å²) in [5.74, 6) is 0.249. The third kappa shape index (κ3) is 4.76. The van der Waals surface area contributed by atoms with Crippen LogP contribution in [0.5, 0.6) is 0 Å². The van der Waals surface area contributed by atoms with Crippen molar-refractivity contribution >= 4 is 29.4 Å². The van der Waals surface area contributed by atoms with E-state index in [9.17, 15) is 14.4 Å². The lowest BCUT2D eigenvalue weighted by molar-refractivity contribution is -0.134. The minimum Gasteiger partial charge on any atom is -0.444 e. The van der Waals surface area contributed by atoms with Crippen molar-refractivity contribution in [2.24, 2.45) is 5.41 Å². The highest BCUT2D eigenvalue weighted by molar-refractivity contribution is 5.99. The summed E-state index contributed by atoms with van der Waals surface area (Å²) >= 11 is 0. The van der Waals surface area contributed by atoms with Crippen LogP contribution in [0.15, 0.2) is 18.5 Å². The van der Waals surface area contributed by atoms with Crippen molar-refractivity contribution in [2.45, 2.75) is 58.5 Å². The van der Waals surface area contributed by atoms with Gasteiger partial charge in [0.2, 0.25) is 17.8 Å². The fourth-order valence-corrected chi connectivity index (χ4v) is 4.53. The molecule has 3 aliphatic rings. The van der Waals surface area contributed by atoms with E-state index < -0.39 is 11.0 Å². The first-order chi connectivity index (χ1) is 15.2. The van der Waals surface area contributed by atoms with E-state index in [1.165, 1.54) is 0 Å². The van der Waals surface area contributed by atoms with Crippen LogP contribution >= 0.6 is 0 Å². The Kier molecular flexibility index (Phi) is 5.92. The van der Waals surface area contributed by atoms with Gasteiger partial charge in [-0.2, -0.15) is 0 Å². The monoisotopic (exact) mass is 441 g/mol. The van der Waals surface area contributed by atoms with Crippen LogP contribution in [0.4, 0.5) is 10.7 Å². The Morgan fingerprint density at radius 2 is 1.88 bits per heavy atom. The normalized spacial score (nSPS) is 24.3. The van der Waals surface area contributed by atoms with E-state index in [1.54, 1.807) is 17.3 Å². The molecule has 3 aliphatic heterocycles. The average molecular weight is 442 g/mol. The molecule has 1 atom stereocenters. The molecule has 0 aliphatic carbocycles. The summed E-state index contributed by atoms with van der Waals surface area (Å²) in [4.78, 5) is 49.3. The molecule has 0 saturated carbocycles. The molecule has 9 heteroatoms. The van der Waals surface area contributed by atoms with Crippen LogP contribution in [0.25, 0.3) is 5.57 Å². The van der Waals surface area contributed by atoms with Gasteiger partial charge in [0, 0.05) is 50.6 Å². The first kappa shape index (κ1) is 22.2. The number of ether oxygens (including phenoxy) is 1. The maximum atomic E-state index is 12.6. The Hall–Kier alpha value is -2.97. The lowest BCUT2D eigenvalue weighted by Crippen LogP contribution is -2.43. The number of hydrogen-bond acceptors (Lipinski definition) is 7. The van der Waals surface area contributed by atoms with Crippen LogP contribution in [0, 0.1) is 5.41 Å². The number of rotatable bonds is 2. The van der Waals surface area contributed by atoms with Gasteiger partial charge in [0.05, 0.1) is 5.41 Å². The molecule has 172 valence electrons. The number of anilines is 1. The molecule has 0 radical (unpaired) electrons. The molecular weight excluding hydrogens is 410 g/mol. The van der Waals surface area contributed by atoms with Crippen molar-refractivity contribution in [2.75, 3.05) is 31.1 Å². The number of aromatic nitrogens is 2. The minimum absolute atomic E-state index is 0.166. The molecule has 32 heavy (non-hydrogen) atoms. The molecule has 1 N–H and O–H groups in total. The summed E-state index contributed by atoms with van der Waals surface area (Å²) < 4.78 is 5.44. The SMILES string of the molecule is CC(C)(C)OC(=O)N1CC=C(c2cnc(N3CCC4(CCCC(=O)NC4=O)C3)nc2)CC1. The number of amides is 3. The van der Waals surface area contributed by atoms with Crippen molar-refractivity contribution in [1.29, 1.82) is 0 Å². The summed E-state index contributed by atoms with van der Waals surface area (Å²) in [6.45, 7) is 7.88. The van der Waals surface area contributed by atoms with E-state index in [4.69, 9.17) is 4.74 Å². The minimum atomic E-state index is -0.536. The van der Waals surface area contributed by atoms with E-state index in [-0.39, 0.29) is 17.9 Å². The van der Waals surface area contributed by atoms with Crippen LogP contribution in [0.2, 0.25) is 0 Å². The van der Waals surface area contributed by atoms with E-state index in [0.717, 1.165) is 17.6 Å². The zero-order valence-corrected chi connectivity index (χ0v) is 19.0. The molecule has 1 aromatic rings. The second-order valence-corrected chi connectivity index (χ2v) is 9.86.